The summed E-state index contributed by atoms with van der Waals surface area (Å²) in [7, 11) is 0. The van der Waals surface area contributed by atoms with Crippen LogP contribution < -0.4 is 4.74 Å². The summed E-state index contributed by atoms with van der Waals surface area (Å²) >= 11 is 1.56. The molecule has 0 spiro atoms. The second-order valence-corrected chi connectivity index (χ2v) is 5.60. The van der Waals surface area contributed by atoms with E-state index in [9.17, 15) is 0 Å². The quantitative estimate of drug-likeness (QED) is 0.552. The van der Waals surface area contributed by atoms with Crippen molar-refractivity contribution in [1.29, 1.82) is 0 Å². The molecular formula is C14H20N4O2S. The summed E-state index contributed by atoms with van der Waals surface area (Å²) in [6.07, 6.45) is 0.236. The van der Waals surface area contributed by atoms with E-state index in [0.717, 1.165) is 22.3 Å². The van der Waals surface area contributed by atoms with Gasteiger partial charge in [0.05, 0.1) is 19.3 Å². The summed E-state index contributed by atoms with van der Waals surface area (Å²) in [5, 5.41) is 12.6. The van der Waals surface area contributed by atoms with Crippen molar-refractivity contribution < 1.29 is 9.47 Å². The molecule has 7 heteroatoms. The van der Waals surface area contributed by atoms with Gasteiger partial charge in [0.15, 0.2) is 0 Å². The molecule has 1 aromatic heterocycles. The molecule has 0 fully saturated rings. The van der Waals surface area contributed by atoms with Crippen LogP contribution in [0.2, 0.25) is 0 Å². The summed E-state index contributed by atoms with van der Waals surface area (Å²) in [5.41, 5.74) is 0.844. The number of nitrogens with zero attached hydrogens (tertiary/aromatic N) is 4. The third-order valence-corrected chi connectivity index (χ3v) is 3.48. The Morgan fingerprint density at radius 2 is 2.10 bits per heavy atom. The lowest BCUT2D eigenvalue weighted by Crippen LogP contribution is -2.07. The van der Waals surface area contributed by atoms with Crippen LogP contribution >= 0.6 is 11.8 Å². The number of ether oxygens (including phenoxy) is 2. The van der Waals surface area contributed by atoms with Crippen LogP contribution in [0.1, 0.15) is 20.8 Å². The first-order chi connectivity index (χ1) is 10.2. The SMILES string of the molecule is CCOc1ccccc1-n1nnnc1SCCOC(C)C. The van der Waals surface area contributed by atoms with Crippen molar-refractivity contribution in [2.75, 3.05) is 19.0 Å². The van der Waals surface area contributed by atoms with Crippen molar-refractivity contribution in [3.05, 3.63) is 24.3 Å². The number of aromatic nitrogens is 4. The van der Waals surface area contributed by atoms with Crippen molar-refractivity contribution in [2.45, 2.75) is 32.0 Å². The van der Waals surface area contributed by atoms with Crippen LogP contribution in [-0.2, 0) is 4.74 Å². The fourth-order valence-corrected chi connectivity index (χ4v) is 2.46. The molecule has 114 valence electrons. The Morgan fingerprint density at radius 1 is 1.29 bits per heavy atom. The normalized spacial score (nSPS) is 11.0. The van der Waals surface area contributed by atoms with E-state index in [1.165, 1.54) is 0 Å². The first kappa shape index (κ1) is 15.8. The Balaban J connectivity index is 2.09. The standard InChI is InChI=1S/C14H20N4O2S/c1-4-19-13-8-6-5-7-12(13)18-14(15-16-17-18)21-10-9-20-11(2)3/h5-8,11H,4,9-10H2,1-3H3. The molecule has 2 aromatic rings. The number of benzene rings is 1. The van der Waals surface area contributed by atoms with Crippen molar-refractivity contribution in [3.63, 3.8) is 0 Å². The maximum absolute atomic E-state index is 5.62. The summed E-state index contributed by atoms with van der Waals surface area (Å²) in [4.78, 5) is 0. The molecule has 0 unspecified atom stereocenters. The molecule has 0 saturated carbocycles. The minimum atomic E-state index is 0.236. The van der Waals surface area contributed by atoms with E-state index in [1.807, 2.05) is 45.0 Å². The van der Waals surface area contributed by atoms with Gasteiger partial charge in [-0.15, -0.1) is 5.10 Å². The van der Waals surface area contributed by atoms with E-state index in [-0.39, 0.29) is 6.10 Å². The van der Waals surface area contributed by atoms with Crippen LogP contribution in [0.25, 0.3) is 5.69 Å². The number of rotatable bonds is 8. The largest absolute Gasteiger partial charge is 0.492 e. The molecular weight excluding hydrogens is 288 g/mol. The maximum Gasteiger partial charge on any atom is 0.214 e. The van der Waals surface area contributed by atoms with E-state index in [4.69, 9.17) is 9.47 Å². The molecule has 0 atom stereocenters. The summed E-state index contributed by atoms with van der Waals surface area (Å²) in [5.74, 6) is 1.57. The Bertz CT molecular complexity index is 559. The Morgan fingerprint density at radius 3 is 2.86 bits per heavy atom. The van der Waals surface area contributed by atoms with E-state index in [0.29, 0.717) is 13.2 Å². The molecule has 0 amide bonds. The van der Waals surface area contributed by atoms with Gasteiger partial charge in [-0.3, -0.25) is 0 Å². The van der Waals surface area contributed by atoms with Crippen LogP contribution in [0.15, 0.2) is 29.4 Å². The second-order valence-electron chi connectivity index (χ2n) is 4.54. The Kier molecular flexibility index (Phi) is 6.01. The molecule has 1 heterocycles. The van der Waals surface area contributed by atoms with Gasteiger partial charge in [-0.2, -0.15) is 4.68 Å². The van der Waals surface area contributed by atoms with Gasteiger partial charge in [0.25, 0.3) is 0 Å². The topological polar surface area (TPSA) is 62.1 Å². The minimum absolute atomic E-state index is 0.236. The average Bonchev–Trinajstić information content (AvgIpc) is 2.92. The minimum Gasteiger partial charge on any atom is -0.492 e. The molecule has 0 bridgehead atoms. The molecule has 0 radical (unpaired) electrons. The monoisotopic (exact) mass is 308 g/mol. The van der Waals surface area contributed by atoms with Crippen LogP contribution in [-0.4, -0.2) is 45.3 Å². The lowest BCUT2D eigenvalue weighted by Gasteiger charge is -2.10. The highest BCUT2D eigenvalue weighted by Gasteiger charge is 2.13. The number of tetrazole rings is 1. The van der Waals surface area contributed by atoms with Crippen LogP contribution in [0, 0.1) is 0 Å². The molecule has 1 aromatic carbocycles. The Labute approximate surface area is 128 Å². The highest BCUT2D eigenvalue weighted by atomic mass is 32.2. The first-order valence-electron chi connectivity index (χ1n) is 6.97. The van der Waals surface area contributed by atoms with Gasteiger partial charge < -0.3 is 9.47 Å². The zero-order valence-electron chi connectivity index (χ0n) is 12.5. The first-order valence-corrected chi connectivity index (χ1v) is 7.96. The summed E-state index contributed by atoms with van der Waals surface area (Å²) < 4.78 is 12.8. The Hall–Kier alpha value is -1.60. The maximum atomic E-state index is 5.62. The van der Waals surface area contributed by atoms with Crippen LogP contribution in [0.3, 0.4) is 0 Å². The fraction of sp³-hybridized carbons (Fsp3) is 0.500. The van der Waals surface area contributed by atoms with E-state index < -0.39 is 0 Å². The fourth-order valence-electron chi connectivity index (χ4n) is 1.75. The van der Waals surface area contributed by atoms with E-state index in [2.05, 4.69) is 15.5 Å². The van der Waals surface area contributed by atoms with Gasteiger partial charge in [-0.1, -0.05) is 23.9 Å². The van der Waals surface area contributed by atoms with Crippen molar-refractivity contribution in [3.8, 4) is 11.4 Å². The summed E-state index contributed by atoms with van der Waals surface area (Å²) in [6, 6.07) is 7.73. The molecule has 0 aliphatic carbocycles. The molecule has 0 N–H and O–H groups in total. The van der Waals surface area contributed by atoms with Crippen molar-refractivity contribution in [2.24, 2.45) is 0 Å². The molecule has 0 aliphatic heterocycles. The highest BCUT2D eigenvalue weighted by molar-refractivity contribution is 7.99. The van der Waals surface area contributed by atoms with Crippen molar-refractivity contribution >= 4 is 11.8 Å². The van der Waals surface area contributed by atoms with Gasteiger partial charge in [0, 0.05) is 5.75 Å². The third kappa shape index (κ3) is 4.44. The zero-order valence-corrected chi connectivity index (χ0v) is 13.3. The predicted octanol–water partition coefficient (Wildman–Crippen LogP) is 2.58. The lowest BCUT2D eigenvalue weighted by atomic mass is 10.3. The predicted molar refractivity (Wildman–Crippen MR) is 82.1 cm³/mol. The van der Waals surface area contributed by atoms with Gasteiger partial charge >= 0.3 is 0 Å². The molecule has 6 nitrogen and oxygen atoms in total. The second kappa shape index (κ2) is 7.99. The van der Waals surface area contributed by atoms with Gasteiger partial charge in [0.1, 0.15) is 11.4 Å². The summed E-state index contributed by atoms with van der Waals surface area (Å²) in [6.45, 7) is 7.27. The molecule has 0 saturated heterocycles. The zero-order chi connectivity index (χ0) is 15.1. The number of hydrogen-bond acceptors (Lipinski definition) is 6. The van der Waals surface area contributed by atoms with E-state index in [1.54, 1.807) is 16.4 Å². The number of para-hydroxylation sites is 2. The van der Waals surface area contributed by atoms with Crippen LogP contribution in [0.5, 0.6) is 5.75 Å². The van der Waals surface area contributed by atoms with E-state index >= 15 is 0 Å². The van der Waals surface area contributed by atoms with Gasteiger partial charge in [-0.25, -0.2) is 0 Å². The smallest absolute Gasteiger partial charge is 0.214 e. The molecule has 21 heavy (non-hydrogen) atoms. The third-order valence-electron chi connectivity index (χ3n) is 2.60. The average molecular weight is 308 g/mol. The van der Waals surface area contributed by atoms with Crippen LogP contribution in [0.4, 0.5) is 0 Å². The number of hydrogen-bond donors (Lipinski definition) is 0. The van der Waals surface area contributed by atoms with Gasteiger partial charge in [-0.05, 0) is 43.3 Å². The highest BCUT2D eigenvalue weighted by Crippen LogP contribution is 2.25. The lowest BCUT2D eigenvalue weighted by molar-refractivity contribution is 0.0920. The van der Waals surface area contributed by atoms with Crippen molar-refractivity contribution in [1.82, 2.24) is 20.2 Å². The van der Waals surface area contributed by atoms with Gasteiger partial charge in [0.2, 0.25) is 5.16 Å². The number of thioether (sulfide) groups is 1. The molecule has 0 aliphatic rings. The molecule has 2 rings (SSSR count).